The Kier molecular flexibility index (Phi) is 5.72. The Bertz CT molecular complexity index is 134. The van der Waals surface area contributed by atoms with Crippen molar-refractivity contribution in [2.75, 3.05) is 7.05 Å². The van der Waals surface area contributed by atoms with Gasteiger partial charge in [0.2, 0.25) is 5.91 Å². The lowest BCUT2D eigenvalue weighted by atomic mass is 10.0. The van der Waals surface area contributed by atoms with Crippen molar-refractivity contribution < 1.29 is 4.79 Å². The molecule has 0 spiro atoms. The smallest absolute Gasteiger partial charge is 0.236 e. The van der Waals surface area contributed by atoms with Crippen molar-refractivity contribution in [3.8, 4) is 0 Å². The van der Waals surface area contributed by atoms with Crippen LogP contribution in [-0.4, -0.2) is 19.0 Å². The number of carbonyl (C=O) groups excluding carboxylic acids is 1. The lowest BCUT2D eigenvalue weighted by Crippen LogP contribution is -2.38. The lowest BCUT2D eigenvalue weighted by molar-refractivity contribution is -0.122. The van der Waals surface area contributed by atoms with E-state index in [-0.39, 0.29) is 11.9 Å². The Morgan fingerprint density at radius 3 is 2.42 bits per heavy atom. The molecule has 0 saturated carbocycles. The summed E-state index contributed by atoms with van der Waals surface area (Å²) in [5, 5.41) is 2.54. The summed E-state index contributed by atoms with van der Waals surface area (Å²) in [7, 11) is 1.62. The van der Waals surface area contributed by atoms with Crippen LogP contribution in [0.25, 0.3) is 0 Å². The molecule has 0 aliphatic rings. The minimum atomic E-state index is -0.325. The van der Waals surface area contributed by atoms with Crippen LogP contribution < -0.4 is 11.1 Å². The number of hydrogen-bond acceptors (Lipinski definition) is 2. The topological polar surface area (TPSA) is 55.1 Å². The predicted molar refractivity (Wildman–Crippen MR) is 50.7 cm³/mol. The highest BCUT2D eigenvalue weighted by atomic mass is 16.2. The van der Waals surface area contributed by atoms with E-state index in [4.69, 9.17) is 5.73 Å². The monoisotopic (exact) mass is 172 g/mol. The number of nitrogens with one attached hydrogen (secondary N) is 1. The third-order valence-electron chi connectivity index (χ3n) is 1.88. The van der Waals surface area contributed by atoms with Crippen LogP contribution in [0.15, 0.2) is 0 Å². The first-order valence-electron chi connectivity index (χ1n) is 4.55. The number of hydrogen-bond donors (Lipinski definition) is 2. The van der Waals surface area contributed by atoms with Crippen LogP contribution in [0, 0.1) is 5.92 Å². The molecule has 0 aliphatic carbocycles. The van der Waals surface area contributed by atoms with Gasteiger partial charge in [-0.05, 0) is 12.3 Å². The molecule has 0 radical (unpaired) electrons. The van der Waals surface area contributed by atoms with Crippen molar-refractivity contribution in [2.24, 2.45) is 11.7 Å². The SMILES string of the molecule is CNC(=O)[C@@H](N)CCCC(C)C. The predicted octanol–water partition coefficient (Wildman–Crippen LogP) is 0.886. The van der Waals surface area contributed by atoms with E-state index in [9.17, 15) is 4.79 Å². The Morgan fingerprint density at radius 2 is 2.00 bits per heavy atom. The van der Waals surface area contributed by atoms with Gasteiger partial charge in [-0.1, -0.05) is 26.7 Å². The minimum Gasteiger partial charge on any atom is -0.358 e. The second-order valence-corrected chi connectivity index (χ2v) is 3.55. The van der Waals surface area contributed by atoms with Crippen LogP contribution in [0.1, 0.15) is 33.1 Å². The van der Waals surface area contributed by atoms with Gasteiger partial charge in [-0.25, -0.2) is 0 Å². The largest absolute Gasteiger partial charge is 0.358 e. The minimum absolute atomic E-state index is 0.0567. The van der Waals surface area contributed by atoms with Crippen molar-refractivity contribution in [3.05, 3.63) is 0 Å². The number of carbonyl (C=O) groups is 1. The Balaban J connectivity index is 3.43. The molecule has 0 aromatic carbocycles. The molecule has 0 aromatic heterocycles. The molecular weight excluding hydrogens is 152 g/mol. The van der Waals surface area contributed by atoms with E-state index in [2.05, 4.69) is 19.2 Å². The van der Waals surface area contributed by atoms with E-state index in [1.807, 2.05) is 0 Å². The number of rotatable bonds is 5. The highest BCUT2D eigenvalue weighted by Crippen LogP contribution is 2.07. The molecule has 3 N–H and O–H groups in total. The molecule has 1 amide bonds. The standard InChI is InChI=1S/C9H20N2O/c1-7(2)5-4-6-8(10)9(12)11-3/h7-8H,4-6,10H2,1-3H3,(H,11,12)/t8-/m0/s1. The van der Waals surface area contributed by atoms with E-state index in [0.717, 1.165) is 19.3 Å². The van der Waals surface area contributed by atoms with Crippen LogP contribution in [0.2, 0.25) is 0 Å². The van der Waals surface area contributed by atoms with Gasteiger partial charge in [0.25, 0.3) is 0 Å². The number of amides is 1. The number of likely N-dealkylation sites (N-methyl/N-ethyl adjacent to an activating group) is 1. The van der Waals surface area contributed by atoms with E-state index in [1.54, 1.807) is 7.05 Å². The third-order valence-corrected chi connectivity index (χ3v) is 1.88. The van der Waals surface area contributed by atoms with Gasteiger partial charge in [0.15, 0.2) is 0 Å². The summed E-state index contributed by atoms with van der Waals surface area (Å²) < 4.78 is 0. The van der Waals surface area contributed by atoms with Gasteiger partial charge in [-0.2, -0.15) is 0 Å². The first kappa shape index (κ1) is 11.4. The van der Waals surface area contributed by atoms with E-state index >= 15 is 0 Å². The van der Waals surface area contributed by atoms with Crippen LogP contribution >= 0.6 is 0 Å². The second kappa shape index (κ2) is 6.00. The highest BCUT2D eigenvalue weighted by molar-refractivity contribution is 5.81. The van der Waals surface area contributed by atoms with Gasteiger partial charge in [0, 0.05) is 7.05 Å². The Labute approximate surface area is 74.7 Å². The molecule has 0 aromatic rings. The molecule has 0 aliphatic heterocycles. The Morgan fingerprint density at radius 1 is 1.42 bits per heavy atom. The third kappa shape index (κ3) is 5.13. The fraction of sp³-hybridized carbons (Fsp3) is 0.889. The summed E-state index contributed by atoms with van der Waals surface area (Å²) in [6, 6.07) is -0.325. The van der Waals surface area contributed by atoms with Gasteiger partial charge in [0.1, 0.15) is 0 Å². The van der Waals surface area contributed by atoms with Crippen molar-refractivity contribution in [1.29, 1.82) is 0 Å². The molecular formula is C9H20N2O. The summed E-state index contributed by atoms with van der Waals surface area (Å²) >= 11 is 0. The van der Waals surface area contributed by atoms with Crippen LogP contribution in [-0.2, 0) is 4.79 Å². The van der Waals surface area contributed by atoms with Crippen LogP contribution in [0.3, 0.4) is 0 Å². The van der Waals surface area contributed by atoms with Gasteiger partial charge < -0.3 is 11.1 Å². The molecule has 0 fully saturated rings. The molecule has 0 saturated heterocycles. The molecule has 0 heterocycles. The molecule has 12 heavy (non-hydrogen) atoms. The average Bonchev–Trinajstić information content (AvgIpc) is 2.02. The highest BCUT2D eigenvalue weighted by Gasteiger charge is 2.10. The fourth-order valence-electron chi connectivity index (χ4n) is 1.06. The first-order chi connectivity index (χ1) is 5.57. The normalized spacial score (nSPS) is 13.1. The van der Waals surface area contributed by atoms with Gasteiger partial charge >= 0.3 is 0 Å². The van der Waals surface area contributed by atoms with Crippen molar-refractivity contribution >= 4 is 5.91 Å². The summed E-state index contributed by atoms with van der Waals surface area (Å²) in [6.07, 6.45) is 2.97. The van der Waals surface area contributed by atoms with Crippen LogP contribution in [0.5, 0.6) is 0 Å². The van der Waals surface area contributed by atoms with Crippen molar-refractivity contribution in [1.82, 2.24) is 5.32 Å². The molecule has 72 valence electrons. The summed E-state index contributed by atoms with van der Waals surface area (Å²) in [5.41, 5.74) is 5.60. The van der Waals surface area contributed by atoms with Crippen molar-refractivity contribution in [3.63, 3.8) is 0 Å². The molecule has 0 rings (SSSR count). The molecule has 0 unspecified atom stereocenters. The summed E-state index contributed by atoms with van der Waals surface area (Å²) in [6.45, 7) is 4.34. The van der Waals surface area contributed by atoms with Gasteiger partial charge in [-0.15, -0.1) is 0 Å². The summed E-state index contributed by atoms with van der Waals surface area (Å²) in [5.74, 6) is 0.639. The quantitative estimate of drug-likeness (QED) is 0.647. The zero-order valence-corrected chi connectivity index (χ0v) is 8.26. The zero-order chi connectivity index (χ0) is 9.56. The zero-order valence-electron chi connectivity index (χ0n) is 8.26. The van der Waals surface area contributed by atoms with Gasteiger partial charge in [-0.3, -0.25) is 4.79 Å². The molecule has 0 bridgehead atoms. The number of nitrogens with two attached hydrogens (primary N) is 1. The van der Waals surface area contributed by atoms with Crippen molar-refractivity contribution in [2.45, 2.75) is 39.2 Å². The average molecular weight is 172 g/mol. The molecule has 3 heteroatoms. The van der Waals surface area contributed by atoms with Gasteiger partial charge in [0.05, 0.1) is 6.04 Å². The first-order valence-corrected chi connectivity index (χ1v) is 4.55. The second-order valence-electron chi connectivity index (χ2n) is 3.55. The molecule has 1 atom stereocenters. The van der Waals surface area contributed by atoms with Crippen LogP contribution in [0.4, 0.5) is 0 Å². The fourth-order valence-corrected chi connectivity index (χ4v) is 1.06. The maximum absolute atomic E-state index is 11.0. The Hall–Kier alpha value is -0.570. The van der Waals surface area contributed by atoms with E-state index in [0.29, 0.717) is 5.92 Å². The summed E-state index contributed by atoms with van der Waals surface area (Å²) in [4.78, 5) is 11.0. The van der Waals surface area contributed by atoms with E-state index < -0.39 is 0 Å². The van der Waals surface area contributed by atoms with E-state index in [1.165, 1.54) is 0 Å². The lowest BCUT2D eigenvalue weighted by Gasteiger charge is -2.10. The maximum Gasteiger partial charge on any atom is 0.236 e. The molecule has 3 nitrogen and oxygen atoms in total. The maximum atomic E-state index is 11.0.